The summed E-state index contributed by atoms with van der Waals surface area (Å²) in [6, 6.07) is 25.4. The number of carboxylic acids is 1. The van der Waals surface area contributed by atoms with E-state index in [4.69, 9.17) is 14.6 Å². The molecule has 1 aliphatic carbocycles. The average molecular weight is 499 g/mol. The minimum Gasteiger partial charge on any atom is -0.478 e. The number of aliphatic carboxylic acids is 1. The largest absolute Gasteiger partial charge is 0.478 e. The number of para-hydroxylation sites is 1. The number of benzene rings is 3. The highest BCUT2D eigenvalue weighted by molar-refractivity contribution is 5.91. The fraction of sp³-hybridized carbons (Fsp3) is 0.267. The van der Waals surface area contributed by atoms with Crippen LogP contribution >= 0.6 is 0 Å². The molecule has 0 radical (unpaired) electrons. The van der Waals surface area contributed by atoms with E-state index in [9.17, 15) is 9.59 Å². The molecule has 2 aliphatic rings. The molecule has 7 nitrogen and oxygen atoms in total. The zero-order valence-electron chi connectivity index (χ0n) is 20.5. The predicted octanol–water partition coefficient (Wildman–Crippen LogP) is 5.79. The van der Waals surface area contributed by atoms with Crippen LogP contribution in [0, 0.1) is 11.8 Å². The molecule has 7 heteroatoms. The number of fused-ring (bicyclic) bond motifs is 1. The number of carbonyl (C=O) groups excluding carboxylic acids is 1. The summed E-state index contributed by atoms with van der Waals surface area (Å²) in [5.74, 6) is 0.582. The van der Waals surface area contributed by atoms with Gasteiger partial charge in [0.15, 0.2) is 0 Å². The van der Waals surface area contributed by atoms with Crippen molar-refractivity contribution in [3.8, 4) is 16.9 Å². The van der Waals surface area contributed by atoms with Crippen LogP contribution in [0.25, 0.3) is 11.1 Å². The number of rotatable bonds is 8. The van der Waals surface area contributed by atoms with Gasteiger partial charge in [-0.15, -0.1) is 0 Å². The van der Waals surface area contributed by atoms with Crippen LogP contribution in [0.5, 0.6) is 5.75 Å². The average Bonchev–Trinajstić information content (AvgIpc) is 3.42. The maximum Gasteiger partial charge on any atom is 0.411 e. The van der Waals surface area contributed by atoms with Gasteiger partial charge in [0.05, 0.1) is 18.0 Å². The summed E-state index contributed by atoms with van der Waals surface area (Å²) in [6.07, 6.45) is 3.42. The van der Waals surface area contributed by atoms with Crippen LogP contribution in [0.1, 0.15) is 18.4 Å². The highest BCUT2D eigenvalue weighted by Gasteiger charge is 2.42. The summed E-state index contributed by atoms with van der Waals surface area (Å²) in [7, 11) is 0. The van der Waals surface area contributed by atoms with Crippen molar-refractivity contribution in [2.75, 3.05) is 18.4 Å². The Kier molecular flexibility index (Phi) is 7.51. The lowest BCUT2D eigenvalue weighted by molar-refractivity contribution is -0.131. The Morgan fingerprint density at radius 3 is 2.43 bits per heavy atom. The molecule has 3 aromatic carbocycles. The number of nitrogens with zero attached hydrogens (tertiary/aromatic N) is 1. The normalized spacial score (nSPS) is 21.0. The maximum absolute atomic E-state index is 12.7. The first-order chi connectivity index (χ1) is 18.0. The second kappa shape index (κ2) is 11.3. The third kappa shape index (κ3) is 6.37. The summed E-state index contributed by atoms with van der Waals surface area (Å²) in [5.41, 5.74) is 3.87. The first-order valence-corrected chi connectivity index (χ1v) is 12.5. The van der Waals surface area contributed by atoms with E-state index in [-0.39, 0.29) is 6.10 Å². The van der Waals surface area contributed by atoms with Crippen molar-refractivity contribution in [1.29, 1.82) is 0 Å². The van der Waals surface area contributed by atoms with E-state index in [1.54, 1.807) is 6.07 Å². The number of nitrogens with one attached hydrogen (secondary N) is 1. The Bertz CT molecular complexity index is 1260. The molecule has 3 atom stereocenters. The smallest absolute Gasteiger partial charge is 0.411 e. The molecule has 1 saturated heterocycles. The second-order valence-electron chi connectivity index (χ2n) is 9.66. The standard InChI is InChI=1S/C30H30N2O5/c33-29(34)13-14-36-25-10-6-7-21(15-25)18-32-19-23-16-26(17-24(23)20-32)37-30(35)31-28-12-5-4-11-27(28)22-8-2-1-3-9-22/h1-15,23-24,26H,16-20H2,(H,31,35)(H,33,34)/t23-,24+,26+. The monoisotopic (exact) mass is 498 g/mol. The zero-order valence-corrected chi connectivity index (χ0v) is 20.5. The van der Waals surface area contributed by atoms with Crippen molar-refractivity contribution in [3.05, 3.63) is 96.8 Å². The maximum atomic E-state index is 12.7. The van der Waals surface area contributed by atoms with Crippen LogP contribution in [0.4, 0.5) is 10.5 Å². The third-order valence-electron chi connectivity index (χ3n) is 7.03. The van der Waals surface area contributed by atoms with E-state index < -0.39 is 12.1 Å². The Morgan fingerprint density at radius 1 is 0.946 bits per heavy atom. The summed E-state index contributed by atoms with van der Waals surface area (Å²) < 4.78 is 11.2. The first kappa shape index (κ1) is 24.6. The number of amides is 1. The van der Waals surface area contributed by atoms with Crippen molar-refractivity contribution in [3.63, 3.8) is 0 Å². The van der Waals surface area contributed by atoms with E-state index in [2.05, 4.69) is 10.2 Å². The molecule has 0 spiro atoms. The molecule has 1 saturated carbocycles. The lowest BCUT2D eigenvalue weighted by Crippen LogP contribution is -2.25. The number of likely N-dealkylation sites (tertiary alicyclic amines) is 1. The van der Waals surface area contributed by atoms with Crippen molar-refractivity contribution in [1.82, 2.24) is 4.90 Å². The molecule has 1 heterocycles. The summed E-state index contributed by atoms with van der Waals surface area (Å²) >= 11 is 0. The number of carboxylic acid groups (broad SMARTS) is 1. The topological polar surface area (TPSA) is 88.1 Å². The van der Waals surface area contributed by atoms with Crippen molar-refractivity contribution >= 4 is 17.7 Å². The Hall–Kier alpha value is -4.10. The molecule has 2 fully saturated rings. The van der Waals surface area contributed by atoms with Crippen LogP contribution in [-0.2, 0) is 16.1 Å². The van der Waals surface area contributed by atoms with E-state index in [0.717, 1.165) is 60.9 Å². The Balaban J connectivity index is 1.11. The molecule has 37 heavy (non-hydrogen) atoms. The number of hydrogen-bond acceptors (Lipinski definition) is 5. The predicted molar refractivity (Wildman–Crippen MR) is 141 cm³/mol. The van der Waals surface area contributed by atoms with Crippen molar-refractivity contribution in [2.45, 2.75) is 25.5 Å². The third-order valence-corrected chi connectivity index (χ3v) is 7.03. The quantitative estimate of drug-likeness (QED) is 0.302. The van der Waals surface area contributed by atoms with Crippen LogP contribution in [0.3, 0.4) is 0 Å². The molecular weight excluding hydrogens is 468 g/mol. The number of anilines is 1. The van der Waals surface area contributed by atoms with E-state index in [1.807, 2.05) is 72.8 Å². The van der Waals surface area contributed by atoms with E-state index >= 15 is 0 Å². The SMILES string of the molecule is O=C(O)C=COc1cccc(CN2C[C@H]3C[C@H](OC(=O)Nc4ccccc4-c4ccccc4)C[C@H]3C2)c1. The van der Waals surface area contributed by atoms with Gasteiger partial charge in [0.25, 0.3) is 0 Å². The second-order valence-corrected chi connectivity index (χ2v) is 9.66. The molecule has 1 amide bonds. The van der Waals surface area contributed by atoms with Gasteiger partial charge in [-0.3, -0.25) is 10.2 Å². The number of hydrogen-bond donors (Lipinski definition) is 2. The van der Waals surface area contributed by atoms with Crippen molar-refractivity contribution in [2.24, 2.45) is 11.8 Å². The van der Waals surface area contributed by atoms with Crippen molar-refractivity contribution < 1.29 is 24.2 Å². The minimum absolute atomic E-state index is 0.0706. The lowest BCUT2D eigenvalue weighted by atomic mass is 10.0. The molecule has 1 aliphatic heterocycles. The van der Waals surface area contributed by atoms with E-state index in [1.165, 1.54) is 6.26 Å². The Labute approximate surface area is 216 Å². The van der Waals surface area contributed by atoms with Crippen LogP contribution in [0.2, 0.25) is 0 Å². The van der Waals surface area contributed by atoms with Gasteiger partial charge in [-0.2, -0.15) is 0 Å². The Morgan fingerprint density at radius 2 is 1.68 bits per heavy atom. The minimum atomic E-state index is -1.04. The summed E-state index contributed by atoms with van der Waals surface area (Å²) in [5, 5.41) is 11.6. The van der Waals surface area contributed by atoms with Gasteiger partial charge < -0.3 is 14.6 Å². The molecule has 0 unspecified atom stereocenters. The van der Waals surface area contributed by atoms with Gasteiger partial charge in [-0.05, 0) is 54.0 Å². The number of ether oxygens (including phenoxy) is 2. The molecular formula is C30H30N2O5. The number of carbonyl (C=O) groups is 2. The van der Waals surface area contributed by atoms with E-state index in [0.29, 0.717) is 17.6 Å². The highest BCUT2D eigenvalue weighted by Crippen LogP contribution is 2.40. The van der Waals surface area contributed by atoms with Gasteiger partial charge in [0.2, 0.25) is 0 Å². The lowest BCUT2D eigenvalue weighted by Gasteiger charge is -2.20. The molecule has 0 bridgehead atoms. The molecule has 190 valence electrons. The molecule has 3 aromatic rings. The molecule has 2 N–H and O–H groups in total. The van der Waals surface area contributed by atoms with Gasteiger partial charge >= 0.3 is 12.1 Å². The van der Waals surface area contributed by atoms with Gasteiger partial charge in [0.1, 0.15) is 11.9 Å². The first-order valence-electron chi connectivity index (χ1n) is 12.5. The highest BCUT2D eigenvalue weighted by atomic mass is 16.6. The fourth-order valence-electron chi connectivity index (χ4n) is 5.47. The van der Waals surface area contributed by atoms with Crippen LogP contribution in [-0.4, -0.2) is 41.3 Å². The molecule has 0 aromatic heterocycles. The van der Waals surface area contributed by atoms with Gasteiger partial charge in [-0.1, -0.05) is 60.7 Å². The zero-order chi connectivity index (χ0) is 25.6. The molecule has 5 rings (SSSR count). The van der Waals surface area contributed by atoms with Gasteiger partial charge in [-0.25, -0.2) is 9.59 Å². The van der Waals surface area contributed by atoms with Gasteiger partial charge in [0, 0.05) is 25.2 Å². The fourth-order valence-corrected chi connectivity index (χ4v) is 5.47. The van der Waals surface area contributed by atoms with Crippen LogP contribution in [0.15, 0.2) is 91.2 Å². The summed E-state index contributed by atoms with van der Waals surface area (Å²) in [6.45, 7) is 2.73. The summed E-state index contributed by atoms with van der Waals surface area (Å²) in [4.78, 5) is 25.8. The van der Waals surface area contributed by atoms with Crippen LogP contribution < -0.4 is 10.1 Å².